The second-order valence-electron chi connectivity index (χ2n) is 19.0. The summed E-state index contributed by atoms with van der Waals surface area (Å²) < 4.78 is 45.0. The molecule has 75 heavy (non-hydrogen) atoms. The van der Waals surface area contributed by atoms with Gasteiger partial charge in [-0.05, 0) is 159 Å². The van der Waals surface area contributed by atoms with Crippen LogP contribution >= 0.6 is 8.02 Å². The minimum absolute atomic E-state index is 0.351. The highest BCUT2D eigenvalue weighted by atomic mass is 31.2. The highest BCUT2D eigenvalue weighted by Crippen LogP contribution is 2.65. The van der Waals surface area contributed by atoms with Crippen LogP contribution in [0.15, 0.2) is 167 Å². The zero-order valence-corrected chi connectivity index (χ0v) is 45.3. The van der Waals surface area contributed by atoms with Crippen LogP contribution in [0.1, 0.15) is 127 Å². The second kappa shape index (κ2) is 23.7. The van der Waals surface area contributed by atoms with Crippen molar-refractivity contribution < 1.29 is 28.0 Å². The highest BCUT2D eigenvalue weighted by molar-refractivity contribution is 7.63. The number of benzene rings is 4. The van der Waals surface area contributed by atoms with Gasteiger partial charge < -0.3 is 18.9 Å². The normalized spacial score (nSPS) is 15.1. The molecule has 10 nitrogen and oxygen atoms in total. The zero-order valence-electron chi connectivity index (χ0n) is 44.4. The smallest absolute Gasteiger partial charge is 0.494 e. The summed E-state index contributed by atoms with van der Waals surface area (Å²) in [5.74, 6) is 3.30. The molecule has 10 rings (SSSR count). The average Bonchev–Trinajstić information content (AvgIpc) is 4.31. The lowest BCUT2D eigenvalue weighted by atomic mass is 10.00. The molecule has 0 saturated carbocycles. The fourth-order valence-corrected chi connectivity index (χ4v) is 13.2. The molecule has 0 fully saturated rings. The molecule has 6 aromatic rings. The Morgan fingerprint density at radius 3 is 0.987 bits per heavy atom. The number of aromatic nitrogens is 2. The monoisotopic (exact) mass is 1020 g/mol. The first-order valence-electron chi connectivity index (χ1n) is 27.3. The van der Waals surface area contributed by atoms with E-state index in [4.69, 9.17) is 38.0 Å². The minimum atomic E-state index is -3.61. The Kier molecular flexibility index (Phi) is 16.3. The van der Waals surface area contributed by atoms with Crippen LogP contribution in [0.2, 0.25) is 0 Å². The Labute approximate surface area is 443 Å². The van der Waals surface area contributed by atoms with Gasteiger partial charge in [-0.3, -0.25) is 0 Å². The summed E-state index contributed by atoms with van der Waals surface area (Å²) in [6.07, 6.45) is 16.8. The lowest BCUT2D eigenvalue weighted by molar-refractivity contribution is 0.231. The first-order chi connectivity index (χ1) is 36.9. The number of hydrogen-bond donors (Lipinski definition) is 0. The zero-order chi connectivity index (χ0) is 51.7. The van der Waals surface area contributed by atoms with E-state index in [-0.39, 0.29) is 0 Å². The summed E-state index contributed by atoms with van der Waals surface area (Å²) in [4.78, 5) is 11.3. The number of fused-ring (bicyclic) bond motifs is 2. The maximum absolute atomic E-state index is 7.62. The second-order valence-corrected chi connectivity index (χ2v) is 21.3. The third-order valence-electron chi connectivity index (χ3n) is 13.8. The van der Waals surface area contributed by atoms with Crippen molar-refractivity contribution in [2.75, 3.05) is 39.6 Å². The van der Waals surface area contributed by atoms with Gasteiger partial charge in [0, 0.05) is 22.3 Å². The number of ether oxygens (including phenoxy) is 4. The molecule has 6 bridgehead atoms. The van der Waals surface area contributed by atoms with Gasteiger partial charge in [-0.1, -0.05) is 102 Å². The predicted molar refractivity (Wildman–Crippen MR) is 307 cm³/mol. The molecule has 0 spiro atoms. The molecule has 4 aromatic carbocycles. The van der Waals surface area contributed by atoms with E-state index in [9.17, 15) is 0 Å². The molecule has 4 aliphatic rings. The lowest BCUT2D eigenvalue weighted by Crippen LogP contribution is -2.38. The summed E-state index contributed by atoms with van der Waals surface area (Å²) in [6, 6.07) is 42.7. The molecular weight excluding hydrogens is 952 g/mol. The molecule has 386 valence electrons. The van der Waals surface area contributed by atoms with Gasteiger partial charge in [0.1, 0.15) is 23.0 Å². The summed E-state index contributed by atoms with van der Waals surface area (Å²) in [5.41, 5.74) is 12.7. The largest absolute Gasteiger partial charge is 0.497 e. The van der Waals surface area contributed by atoms with E-state index in [1.807, 2.05) is 0 Å². The summed E-state index contributed by atoms with van der Waals surface area (Å²) >= 11 is 0. The van der Waals surface area contributed by atoms with Gasteiger partial charge in [-0.15, -0.1) is 8.68 Å². The average molecular weight is 1020 g/mol. The van der Waals surface area contributed by atoms with Crippen LogP contribution in [0.25, 0.3) is 22.3 Å². The third kappa shape index (κ3) is 10.4. The number of nitrogens with zero attached hydrogens (tertiary/aromatic N) is 4. The maximum Gasteiger partial charge on any atom is 0.497 e. The van der Waals surface area contributed by atoms with E-state index in [0.29, 0.717) is 39.6 Å². The fraction of sp³-hybridized carbons (Fsp3) is 0.312. The molecule has 2 aromatic heterocycles. The Morgan fingerprint density at radius 2 is 0.680 bits per heavy atom. The number of hydrogen-bond acceptors (Lipinski definition) is 8. The van der Waals surface area contributed by atoms with Gasteiger partial charge in [0.05, 0.1) is 84.5 Å². The van der Waals surface area contributed by atoms with E-state index in [1.165, 1.54) is 0 Å². The van der Waals surface area contributed by atoms with Crippen LogP contribution in [0.3, 0.4) is 0 Å². The molecule has 0 saturated heterocycles. The SMILES string of the molecule is CCCCOc1ccc(C2=C3C=CC(=N3)C(c3ccc(OCCCC)cc3)=c3ccc4n3[P+](OCC)(OCC)n3c2ccc3C(c2ccc(OCCCC)cc2)=C2C=CC(=N2)C=4c2ccc(OCCCC)cc2)cc1. The van der Waals surface area contributed by atoms with Crippen LogP contribution in [0.4, 0.5) is 0 Å². The Bertz CT molecular complexity index is 3100. The van der Waals surface area contributed by atoms with Crippen LogP contribution in [-0.2, 0) is 9.05 Å². The minimum Gasteiger partial charge on any atom is -0.494 e. The van der Waals surface area contributed by atoms with E-state index in [2.05, 4.69) is 196 Å². The van der Waals surface area contributed by atoms with Gasteiger partial charge in [-0.25, -0.2) is 9.98 Å². The molecule has 0 radical (unpaired) electrons. The van der Waals surface area contributed by atoms with Crippen molar-refractivity contribution in [2.24, 2.45) is 9.98 Å². The first-order valence-corrected chi connectivity index (χ1v) is 28.8. The molecule has 0 amide bonds. The quantitative estimate of drug-likeness (QED) is 0.0443. The highest BCUT2D eigenvalue weighted by Gasteiger charge is 2.54. The molecule has 0 atom stereocenters. The van der Waals surface area contributed by atoms with Crippen molar-refractivity contribution >= 4 is 41.7 Å². The molecular formula is C64H70N4O6P+. The van der Waals surface area contributed by atoms with Gasteiger partial charge in [-0.2, -0.15) is 9.05 Å². The van der Waals surface area contributed by atoms with Gasteiger partial charge in [0.2, 0.25) is 0 Å². The van der Waals surface area contributed by atoms with Crippen molar-refractivity contribution in [3.05, 3.63) is 201 Å². The fourth-order valence-electron chi connectivity index (χ4n) is 10.1. The lowest BCUT2D eigenvalue weighted by Gasteiger charge is -2.30. The molecule has 6 heterocycles. The van der Waals surface area contributed by atoms with E-state index in [0.717, 1.165) is 164 Å². The van der Waals surface area contributed by atoms with Crippen LogP contribution in [0.5, 0.6) is 23.0 Å². The van der Waals surface area contributed by atoms with E-state index < -0.39 is 8.02 Å². The molecule has 11 heteroatoms. The van der Waals surface area contributed by atoms with Crippen LogP contribution in [0, 0.1) is 0 Å². The Hall–Kier alpha value is -6.97. The summed E-state index contributed by atoms with van der Waals surface area (Å²) in [5, 5.41) is 1.79. The van der Waals surface area contributed by atoms with Crippen molar-refractivity contribution in [1.29, 1.82) is 0 Å². The topological polar surface area (TPSA) is 90.0 Å². The first kappa shape index (κ1) is 51.5. The molecule has 4 aliphatic heterocycles. The predicted octanol–water partition coefficient (Wildman–Crippen LogP) is 14.1. The number of unbranched alkanes of at least 4 members (excludes halogenated alkanes) is 4. The van der Waals surface area contributed by atoms with E-state index >= 15 is 0 Å². The molecule has 0 N–H and O–H groups in total. The van der Waals surface area contributed by atoms with Gasteiger partial charge in [0.15, 0.2) is 0 Å². The number of aliphatic imine (C=N–C) groups is 2. The van der Waals surface area contributed by atoms with Crippen molar-refractivity contribution in [1.82, 2.24) is 8.68 Å². The van der Waals surface area contributed by atoms with Gasteiger partial charge >= 0.3 is 8.02 Å². The summed E-state index contributed by atoms with van der Waals surface area (Å²) in [7, 11) is -3.61. The summed E-state index contributed by atoms with van der Waals surface area (Å²) in [6.45, 7) is 16.2. The maximum atomic E-state index is 7.62. The van der Waals surface area contributed by atoms with Crippen LogP contribution < -0.4 is 29.6 Å². The molecule has 0 aliphatic carbocycles. The van der Waals surface area contributed by atoms with Crippen molar-refractivity contribution in [3.8, 4) is 23.0 Å². The van der Waals surface area contributed by atoms with Crippen molar-refractivity contribution in [3.63, 3.8) is 0 Å². The van der Waals surface area contributed by atoms with Crippen molar-refractivity contribution in [2.45, 2.75) is 92.9 Å². The standard InChI is InChI=1S/C64H70N4O6P/c1-7-13-41-69-49-25-17-45(18-26-49)61-53-33-34-54(65-53)62(46-19-27-50(28-20-46)70-42-14-8-2)59-39-40-60-64(48-23-31-52(32-24-48)72-44-16-10-4)56-36-35-55(66-56)63(47-21-29-51(30-22-47)71-43-15-9-3)58-38-37-57(61)67(58)75(68(59)60,73-11-5)74-12-6/h17-40H,7-16,41-44H2,1-6H3/q+1. The number of allylic oxidation sites excluding steroid dienone is 4. The van der Waals surface area contributed by atoms with Crippen LogP contribution in [-0.4, -0.2) is 59.7 Å². The Morgan fingerprint density at radius 1 is 0.360 bits per heavy atom. The molecule has 0 unspecified atom stereocenters. The van der Waals surface area contributed by atoms with E-state index in [1.54, 1.807) is 0 Å². The Balaban J connectivity index is 1.35. The van der Waals surface area contributed by atoms with Gasteiger partial charge in [0.25, 0.3) is 0 Å². The third-order valence-corrected chi connectivity index (χ3v) is 16.8. The number of rotatable bonds is 24.